The van der Waals surface area contributed by atoms with Gasteiger partial charge in [-0.2, -0.15) is 0 Å². The minimum Gasteiger partial charge on any atom is -0.330 e. The first-order valence-corrected chi connectivity index (χ1v) is 9.72. The summed E-state index contributed by atoms with van der Waals surface area (Å²) in [5.74, 6) is 0.364. The molecule has 2 unspecified atom stereocenters. The lowest BCUT2D eigenvalue weighted by Gasteiger charge is -2.27. The second kappa shape index (κ2) is 9.67. The Morgan fingerprint density at radius 3 is 2.67 bits per heavy atom. The molecule has 0 fully saturated rings. The summed E-state index contributed by atoms with van der Waals surface area (Å²) in [4.78, 5) is 16.4. The third-order valence-corrected chi connectivity index (χ3v) is 4.96. The fourth-order valence-corrected chi connectivity index (χ4v) is 2.96. The predicted octanol–water partition coefficient (Wildman–Crippen LogP) is 3.43. The Hall–Kier alpha value is -2.18. The van der Waals surface area contributed by atoms with E-state index in [1.807, 2.05) is 23.8 Å². The van der Waals surface area contributed by atoms with E-state index in [2.05, 4.69) is 60.7 Å². The molecule has 1 aromatic heterocycles. The predicted molar refractivity (Wildman–Crippen MR) is 111 cm³/mol. The molecule has 1 amide bonds. The normalized spacial score (nSPS) is 14.0. The van der Waals surface area contributed by atoms with Crippen LogP contribution in [0, 0.1) is 0 Å². The van der Waals surface area contributed by atoms with Gasteiger partial charge in [0.1, 0.15) is 0 Å². The Labute approximate surface area is 162 Å². The van der Waals surface area contributed by atoms with Crippen LogP contribution in [0.1, 0.15) is 58.6 Å². The summed E-state index contributed by atoms with van der Waals surface area (Å²) in [7, 11) is 0. The largest absolute Gasteiger partial charge is 0.330 e. The van der Waals surface area contributed by atoms with Crippen molar-refractivity contribution in [3.63, 3.8) is 0 Å². The van der Waals surface area contributed by atoms with Gasteiger partial charge in [-0.1, -0.05) is 43.7 Å². The first kappa shape index (κ1) is 21.1. The van der Waals surface area contributed by atoms with E-state index in [4.69, 9.17) is 5.73 Å². The monoisotopic (exact) mass is 371 g/mol. The van der Waals surface area contributed by atoms with Crippen molar-refractivity contribution in [3.8, 4) is 0 Å². The lowest BCUT2D eigenvalue weighted by atomic mass is 10.00. The number of nitrogens with one attached hydrogen (secondary N) is 2. The van der Waals surface area contributed by atoms with E-state index in [0.29, 0.717) is 18.3 Å². The first-order valence-electron chi connectivity index (χ1n) is 9.72. The Kier molecular flexibility index (Phi) is 7.56. The third kappa shape index (κ3) is 6.19. The highest BCUT2D eigenvalue weighted by Crippen LogP contribution is 2.22. The number of carbonyl (C=O) groups is 1. The summed E-state index contributed by atoms with van der Waals surface area (Å²) in [6.07, 6.45) is 6.12. The van der Waals surface area contributed by atoms with Crippen molar-refractivity contribution in [2.24, 2.45) is 5.73 Å². The number of nitrogens with zero attached hydrogens (tertiary/aromatic N) is 2. The van der Waals surface area contributed by atoms with Crippen LogP contribution in [0.5, 0.6) is 0 Å². The molecule has 27 heavy (non-hydrogen) atoms. The van der Waals surface area contributed by atoms with Gasteiger partial charge < -0.3 is 20.9 Å². The molecule has 0 radical (unpaired) electrons. The van der Waals surface area contributed by atoms with Gasteiger partial charge in [0.25, 0.3) is 0 Å². The van der Waals surface area contributed by atoms with Crippen LogP contribution in [-0.4, -0.2) is 28.0 Å². The van der Waals surface area contributed by atoms with Crippen LogP contribution >= 0.6 is 0 Å². The van der Waals surface area contributed by atoms with Crippen LogP contribution in [0.3, 0.4) is 0 Å². The van der Waals surface area contributed by atoms with Crippen molar-refractivity contribution >= 4 is 11.7 Å². The molecule has 0 bridgehead atoms. The van der Waals surface area contributed by atoms with Crippen LogP contribution in [0.15, 0.2) is 42.9 Å². The average Bonchev–Trinajstić information content (AvgIpc) is 3.12. The molecule has 0 aliphatic rings. The highest BCUT2D eigenvalue weighted by Gasteiger charge is 2.21. The van der Waals surface area contributed by atoms with E-state index in [1.165, 1.54) is 5.56 Å². The maximum absolute atomic E-state index is 12.0. The number of hydrogen-bond acceptors (Lipinski definition) is 4. The Bertz CT molecular complexity index is 710. The summed E-state index contributed by atoms with van der Waals surface area (Å²) in [6.45, 7) is 9.39. The first-order chi connectivity index (χ1) is 12.8. The summed E-state index contributed by atoms with van der Waals surface area (Å²) >= 11 is 0. The van der Waals surface area contributed by atoms with Gasteiger partial charge in [-0.15, -0.1) is 0 Å². The van der Waals surface area contributed by atoms with E-state index < -0.39 is 6.04 Å². The molecule has 0 saturated carbocycles. The summed E-state index contributed by atoms with van der Waals surface area (Å²) in [5.41, 5.74) is 7.02. The van der Waals surface area contributed by atoms with Gasteiger partial charge in [-0.05, 0) is 45.7 Å². The SMILES string of the molecule is CCCC(N)C(=O)Nc1cn(C(C)(C)CCNC(C)c2ccccc2)cn1. The van der Waals surface area contributed by atoms with Gasteiger partial charge >= 0.3 is 0 Å². The second-order valence-electron chi connectivity index (χ2n) is 7.70. The molecule has 2 rings (SSSR count). The fraction of sp³-hybridized carbons (Fsp3) is 0.524. The molecule has 1 heterocycles. The van der Waals surface area contributed by atoms with E-state index in [1.54, 1.807) is 6.33 Å². The van der Waals surface area contributed by atoms with Crippen molar-refractivity contribution in [2.45, 2.75) is 64.6 Å². The van der Waals surface area contributed by atoms with E-state index in [-0.39, 0.29) is 11.4 Å². The topological polar surface area (TPSA) is 85.0 Å². The molecule has 148 valence electrons. The lowest BCUT2D eigenvalue weighted by Crippen LogP contribution is -2.35. The van der Waals surface area contributed by atoms with Gasteiger partial charge in [-0.3, -0.25) is 4.79 Å². The number of benzene rings is 1. The van der Waals surface area contributed by atoms with Gasteiger partial charge in [0.15, 0.2) is 5.82 Å². The molecule has 2 aromatic rings. The Morgan fingerprint density at radius 2 is 2.00 bits per heavy atom. The van der Waals surface area contributed by atoms with Crippen molar-refractivity contribution in [1.29, 1.82) is 0 Å². The number of aromatic nitrogens is 2. The summed E-state index contributed by atoms with van der Waals surface area (Å²) in [5, 5.41) is 6.38. The molecular weight excluding hydrogens is 338 g/mol. The minimum absolute atomic E-state index is 0.120. The number of amides is 1. The number of rotatable bonds is 10. The summed E-state index contributed by atoms with van der Waals surface area (Å²) < 4.78 is 2.04. The van der Waals surface area contributed by atoms with Gasteiger partial charge in [0, 0.05) is 17.8 Å². The van der Waals surface area contributed by atoms with Crippen LogP contribution in [0.4, 0.5) is 5.82 Å². The van der Waals surface area contributed by atoms with Crippen LogP contribution in [0.2, 0.25) is 0 Å². The second-order valence-corrected chi connectivity index (χ2v) is 7.70. The van der Waals surface area contributed by atoms with Gasteiger partial charge in [-0.25, -0.2) is 4.98 Å². The molecule has 6 nitrogen and oxygen atoms in total. The number of anilines is 1. The number of nitrogens with two attached hydrogens (primary N) is 1. The molecular formula is C21H33N5O. The zero-order valence-electron chi connectivity index (χ0n) is 16.9. The minimum atomic E-state index is -0.489. The maximum Gasteiger partial charge on any atom is 0.242 e. The van der Waals surface area contributed by atoms with E-state index in [0.717, 1.165) is 19.4 Å². The zero-order chi connectivity index (χ0) is 19.9. The molecule has 1 aromatic carbocycles. The van der Waals surface area contributed by atoms with Gasteiger partial charge in [0.2, 0.25) is 5.91 Å². The smallest absolute Gasteiger partial charge is 0.242 e. The van der Waals surface area contributed by atoms with Gasteiger partial charge in [0.05, 0.1) is 12.4 Å². The number of carbonyl (C=O) groups excluding carboxylic acids is 1. The molecule has 4 N–H and O–H groups in total. The van der Waals surface area contributed by atoms with Crippen LogP contribution < -0.4 is 16.4 Å². The molecule has 6 heteroatoms. The Morgan fingerprint density at radius 1 is 1.30 bits per heavy atom. The zero-order valence-corrected chi connectivity index (χ0v) is 16.9. The van der Waals surface area contributed by atoms with Crippen LogP contribution in [-0.2, 0) is 10.3 Å². The highest BCUT2D eigenvalue weighted by molar-refractivity contribution is 5.93. The standard InChI is InChI=1S/C21H33N5O/c1-5-9-18(22)20(27)25-19-14-26(15-24-19)21(3,4)12-13-23-16(2)17-10-7-6-8-11-17/h6-8,10-11,14-16,18,23H,5,9,12-13,22H2,1-4H3,(H,25,27). The number of hydrogen-bond donors (Lipinski definition) is 3. The van der Waals surface area contributed by atoms with E-state index in [9.17, 15) is 4.79 Å². The fourth-order valence-electron chi connectivity index (χ4n) is 2.96. The van der Waals surface area contributed by atoms with Crippen LogP contribution in [0.25, 0.3) is 0 Å². The molecule has 0 aliphatic heterocycles. The van der Waals surface area contributed by atoms with Crippen molar-refractivity contribution < 1.29 is 4.79 Å². The van der Waals surface area contributed by atoms with Crippen molar-refractivity contribution in [2.75, 3.05) is 11.9 Å². The number of imidazole rings is 1. The highest BCUT2D eigenvalue weighted by atomic mass is 16.2. The third-order valence-electron chi connectivity index (χ3n) is 4.96. The average molecular weight is 372 g/mol. The maximum atomic E-state index is 12.0. The molecule has 0 aliphatic carbocycles. The molecule has 0 saturated heterocycles. The molecule has 2 atom stereocenters. The van der Waals surface area contributed by atoms with Crippen molar-refractivity contribution in [1.82, 2.24) is 14.9 Å². The molecule has 0 spiro atoms. The lowest BCUT2D eigenvalue weighted by molar-refractivity contribution is -0.117. The Balaban J connectivity index is 1.87. The summed E-state index contributed by atoms with van der Waals surface area (Å²) in [6, 6.07) is 10.2. The quantitative estimate of drug-likeness (QED) is 0.597. The van der Waals surface area contributed by atoms with E-state index >= 15 is 0 Å². The van der Waals surface area contributed by atoms with Crippen molar-refractivity contribution in [3.05, 3.63) is 48.4 Å².